The van der Waals surface area contributed by atoms with Crippen LogP contribution in [0.1, 0.15) is 30.7 Å². The fraction of sp³-hybridized carbons (Fsp3) is 0.304. The number of hydrogen-bond acceptors (Lipinski definition) is 7. The average molecular weight is 400 g/mol. The Hall–Kier alpha value is -3.48. The maximum Gasteiger partial charge on any atom is 0.135 e. The molecule has 3 aliphatic rings. The third-order valence-corrected chi connectivity index (χ3v) is 6.48. The van der Waals surface area contributed by atoms with E-state index in [0.29, 0.717) is 23.3 Å². The molecule has 0 aliphatic heterocycles. The Labute approximate surface area is 176 Å². The van der Waals surface area contributed by atoms with Gasteiger partial charge in [0, 0.05) is 48.0 Å². The fourth-order valence-electron chi connectivity index (χ4n) is 4.51. The number of nitrogen functional groups attached to an aromatic ring is 1. The maximum atomic E-state index is 6.23. The fourth-order valence-corrected chi connectivity index (χ4v) is 4.51. The summed E-state index contributed by atoms with van der Waals surface area (Å²) in [4.78, 5) is 19.7. The van der Waals surface area contributed by atoms with Crippen LogP contribution in [0.15, 0.2) is 49.4 Å². The molecule has 0 spiro atoms. The molecule has 30 heavy (non-hydrogen) atoms. The molecule has 3 N–H and O–H groups in total. The predicted molar refractivity (Wildman–Crippen MR) is 119 cm³/mol. The van der Waals surface area contributed by atoms with Gasteiger partial charge in [0.2, 0.25) is 0 Å². The van der Waals surface area contributed by atoms with E-state index in [2.05, 4.69) is 49.8 Å². The third-order valence-electron chi connectivity index (χ3n) is 6.48. The van der Waals surface area contributed by atoms with Crippen LogP contribution in [0.5, 0.6) is 0 Å². The smallest absolute Gasteiger partial charge is 0.135 e. The first kappa shape index (κ1) is 18.5. The van der Waals surface area contributed by atoms with Crippen molar-refractivity contribution in [2.75, 3.05) is 18.1 Å². The zero-order valence-electron chi connectivity index (χ0n) is 17.3. The summed E-state index contributed by atoms with van der Waals surface area (Å²) in [6.45, 7) is 6.20. The minimum Gasteiger partial charge on any atom is -0.383 e. The lowest BCUT2D eigenvalue weighted by molar-refractivity contribution is -0.107. The molecule has 152 valence electrons. The van der Waals surface area contributed by atoms with E-state index < -0.39 is 0 Å². The Bertz CT molecular complexity index is 1120. The predicted octanol–water partition coefficient (Wildman–Crippen LogP) is 4.02. The summed E-state index contributed by atoms with van der Waals surface area (Å²) in [6, 6.07) is 7.82. The summed E-state index contributed by atoms with van der Waals surface area (Å²) in [7, 11) is 2.13. The second-order valence-corrected chi connectivity index (χ2v) is 8.41. The zero-order valence-corrected chi connectivity index (χ0v) is 17.3. The van der Waals surface area contributed by atoms with Gasteiger partial charge < -0.3 is 16.0 Å². The van der Waals surface area contributed by atoms with Crippen molar-refractivity contribution < 1.29 is 0 Å². The van der Waals surface area contributed by atoms with Crippen LogP contribution in [0.3, 0.4) is 0 Å². The molecular weight excluding hydrogens is 374 g/mol. The molecule has 3 aromatic rings. The van der Waals surface area contributed by atoms with Crippen LogP contribution in [0, 0.1) is 12.8 Å². The van der Waals surface area contributed by atoms with Gasteiger partial charge in [0.15, 0.2) is 0 Å². The highest BCUT2D eigenvalue weighted by molar-refractivity contribution is 5.77. The van der Waals surface area contributed by atoms with E-state index in [9.17, 15) is 0 Å². The largest absolute Gasteiger partial charge is 0.383 e. The minimum atomic E-state index is 0.285. The van der Waals surface area contributed by atoms with Gasteiger partial charge in [0.05, 0.1) is 0 Å². The van der Waals surface area contributed by atoms with Gasteiger partial charge in [-0.3, -0.25) is 0 Å². The van der Waals surface area contributed by atoms with Crippen LogP contribution in [-0.4, -0.2) is 37.4 Å². The van der Waals surface area contributed by atoms with Crippen LogP contribution < -0.4 is 11.1 Å². The molecule has 0 amide bonds. The number of hydrogen-bond donors (Lipinski definition) is 2. The van der Waals surface area contributed by atoms with Crippen molar-refractivity contribution in [1.82, 2.24) is 24.8 Å². The maximum absolute atomic E-state index is 6.23. The number of nitrogens with two attached hydrogens (primary N) is 1. The lowest BCUT2D eigenvalue weighted by atomic mass is 9.49. The van der Waals surface area contributed by atoms with Gasteiger partial charge in [0.1, 0.15) is 23.3 Å². The highest BCUT2D eigenvalue weighted by Gasteiger charge is 2.59. The summed E-state index contributed by atoms with van der Waals surface area (Å²) < 4.78 is 0. The van der Waals surface area contributed by atoms with E-state index in [-0.39, 0.29) is 5.54 Å². The molecule has 0 radical (unpaired) electrons. The van der Waals surface area contributed by atoms with Gasteiger partial charge in [-0.05, 0) is 61.9 Å². The normalized spacial score (nSPS) is 21.3. The molecule has 7 nitrogen and oxygen atoms in total. The molecular formula is C23H25N7. The highest BCUT2D eigenvalue weighted by Crippen LogP contribution is 2.61. The Morgan fingerprint density at radius 3 is 2.57 bits per heavy atom. The molecule has 3 heterocycles. The Morgan fingerprint density at radius 1 is 1.10 bits per heavy atom. The van der Waals surface area contributed by atoms with Crippen molar-refractivity contribution in [2.45, 2.75) is 31.7 Å². The van der Waals surface area contributed by atoms with Gasteiger partial charge in [-0.15, -0.1) is 0 Å². The Balaban J connectivity index is 1.42. The molecule has 0 atom stereocenters. The van der Waals surface area contributed by atoms with Gasteiger partial charge in [0.25, 0.3) is 0 Å². The molecule has 7 heteroatoms. The number of aryl methyl sites for hydroxylation is 1. The molecule has 0 saturated heterocycles. The Morgan fingerprint density at radius 2 is 1.87 bits per heavy atom. The van der Waals surface area contributed by atoms with Gasteiger partial charge in [-0.25, -0.2) is 19.9 Å². The van der Waals surface area contributed by atoms with E-state index in [1.807, 2.05) is 25.1 Å². The van der Waals surface area contributed by atoms with E-state index in [0.717, 1.165) is 28.3 Å². The van der Waals surface area contributed by atoms with Crippen molar-refractivity contribution in [3.63, 3.8) is 0 Å². The van der Waals surface area contributed by atoms with Crippen LogP contribution in [0.2, 0.25) is 0 Å². The number of rotatable bonds is 6. The number of nitrogens with zero attached hydrogens (tertiary/aromatic N) is 5. The Kier molecular flexibility index (Phi) is 4.20. The second-order valence-electron chi connectivity index (χ2n) is 8.41. The summed E-state index contributed by atoms with van der Waals surface area (Å²) in [5, 5.41) is 3.23. The van der Waals surface area contributed by atoms with Crippen molar-refractivity contribution in [1.29, 1.82) is 0 Å². The molecule has 0 aromatic carbocycles. The summed E-state index contributed by atoms with van der Waals surface area (Å²) >= 11 is 0. The number of aromatic nitrogens is 4. The lowest BCUT2D eigenvalue weighted by Gasteiger charge is -2.66. The molecule has 3 fully saturated rings. The standard InChI is InChI=1S/C23H25N7/c1-14(30(3)23-10-16(11-23)12-23)19-8-18(13-27-22(19)24)17-4-6-26-21(9-17)29-20-5-7-25-15(2)28-20/h4-9,13,16H,1,10-12H2,2-3H3,(H2,24,27)(H,25,26,28,29). The summed E-state index contributed by atoms with van der Waals surface area (Å²) in [6.07, 6.45) is 9.07. The van der Waals surface area contributed by atoms with Crippen LogP contribution >= 0.6 is 0 Å². The van der Waals surface area contributed by atoms with Gasteiger partial charge >= 0.3 is 0 Å². The van der Waals surface area contributed by atoms with Crippen molar-refractivity contribution in [3.05, 3.63) is 60.8 Å². The van der Waals surface area contributed by atoms with E-state index >= 15 is 0 Å². The number of pyridine rings is 2. The SMILES string of the molecule is C=C(c1cc(-c2ccnc(Nc3ccnc(C)n3)c2)cnc1N)N(C)C12CC(C1)C2. The second kappa shape index (κ2) is 6.79. The minimum absolute atomic E-state index is 0.285. The monoisotopic (exact) mass is 399 g/mol. The molecule has 2 bridgehead atoms. The van der Waals surface area contributed by atoms with E-state index in [1.54, 1.807) is 18.6 Å². The number of nitrogens with one attached hydrogen (secondary N) is 1. The molecule has 3 aromatic heterocycles. The van der Waals surface area contributed by atoms with Crippen molar-refractivity contribution in [2.24, 2.45) is 5.92 Å². The zero-order chi connectivity index (χ0) is 20.9. The summed E-state index contributed by atoms with van der Waals surface area (Å²) in [5.74, 6) is 3.52. The molecule has 0 unspecified atom stereocenters. The van der Waals surface area contributed by atoms with Crippen molar-refractivity contribution in [3.8, 4) is 11.1 Å². The molecule has 6 rings (SSSR count). The first-order valence-corrected chi connectivity index (χ1v) is 10.2. The van der Waals surface area contributed by atoms with Crippen LogP contribution in [0.4, 0.5) is 17.5 Å². The summed E-state index contributed by atoms with van der Waals surface area (Å²) in [5.41, 5.74) is 10.3. The van der Waals surface area contributed by atoms with Crippen LogP contribution in [0.25, 0.3) is 16.8 Å². The van der Waals surface area contributed by atoms with Crippen molar-refractivity contribution >= 4 is 23.2 Å². The van der Waals surface area contributed by atoms with E-state index in [4.69, 9.17) is 5.73 Å². The topological polar surface area (TPSA) is 92.8 Å². The first-order chi connectivity index (χ1) is 14.4. The molecule has 3 saturated carbocycles. The number of anilines is 3. The highest BCUT2D eigenvalue weighted by atomic mass is 15.2. The lowest BCUT2D eigenvalue weighted by Crippen LogP contribution is -2.66. The first-order valence-electron chi connectivity index (χ1n) is 10.2. The van der Waals surface area contributed by atoms with Gasteiger partial charge in [-0.2, -0.15) is 0 Å². The molecule has 3 aliphatic carbocycles. The average Bonchev–Trinajstić information content (AvgIpc) is 2.65. The quantitative estimate of drug-likeness (QED) is 0.646. The third kappa shape index (κ3) is 3.07. The van der Waals surface area contributed by atoms with Crippen LogP contribution in [-0.2, 0) is 0 Å². The van der Waals surface area contributed by atoms with E-state index in [1.165, 1.54) is 19.3 Å². The van der Waals surface area contributed by atoms with Gasteiger partial charge in [-0.1, -0.05) is 6.58 Å².